The Morgan fingerprint density at radius 3 is 2.76 bits per heavy atom. The molecule has 0 saturated carbocycles. The molecule has 0 saturated heterocycles. The minimum absolute atomic E-state index is 0.224. The van der Waals surface area contributed by atoms with E-state index in [9.17, 15) is 9.90 Å². The van der Waals surface area contributed by atoms with Gasteiger partial charge in [0.15, 0.2) is 0 Å². The molecule has 0 bridgehead atoms. The molecule has 0 aliphatic carbocycles. The van der Waals surface area contributed by atoms with E-state index < -0.39 is 5.97 Å². The molecule has 6 heteroatoms. The fourth-order valence-corrected chi connectivity index (χ4v) is 3.59. The van der Waals surface area contributed by atoms with Crippen LogP contribution < -0.4 is 14.8 Å². The van der Waals surface area contributed by atoms with E-state index in [0.717, 1.165) is 34.6 Å². The third kappa shape index (κ3) is 4.01. The molecule has 2 heterocycles. The number of methoxy groups -OCH3 is 1. The summed E-state index contributed by atoms with van der Waals surface area (Å²) in [5.74, 6) is 0.961. The zero-order chi connectivity index (χ0) is 20.2. The van der Waals surface area contributed by atoms with Crippen molar-refractivity contribution in [1.82, 2.24) is 4.98 Å². The van der Waals surface area contributed by atoms with Gasteiger partial charge in [-0.2, -0.15) is 0 Å². The van der Waals surface area contributed by atoms with Gasteiger partial charge < -0.3 is 19.9 Å². The highest BCUT2D eigenvalue weighted by Gasteiger charge is 2.22. The van der Waals surface area contributed by atoms with Crippen molar-refractivity contribution in [2.24, 2.45) is 0 Å². The topological polar surface area (TPSA) is 80.7 Å². The van der Waals surface area contributed by atoms with Crippen molar-refractivity contribution in [3.8, 4) is 22.6 Å². The van der Waals surface area contributed by atoms with Crippen molar-refractivity contribution in [2.45, 2.75) is 12.3 Å². The SMILES string of the molecule is COc1ccc(-c2ccc3c(c2)OCCC3CNc2cnccc2C(=O)O)cc1. The number of nitrogens with zero attached hydrogens (tertiary/aromatic N) is 1. The van der Waals surface area contributed by atoms with E-state index >= 15 is 0 Å². The second-order valence-electron chi connectivity index (χ2n) is 6.92. The van der Waals surface area contributed by atoms with Gasteiger partial charge in [-0.1, -0.05) is 24.3 Å². The van der Waals surface area contributed by atoms with Crippen LogP contribution >= 0.6 is 0 Å². The average Bonchev–Trinajstić information content (AvgIpc) is 2.77. The van der Waals surface area contributed by atoms with E-state index in [2.05, 4.69) is 28.5 Å². The molecule has 148 valence electrons. The molecule has 6 nitrogen and oxygen atoms in total. The standard InChI is InChI=1S/C23H22N2O4/c1-28-18-5-2-15(3-6-18)16-4-7-19-17(9-11-29-22(19)12-16)13-25-21-14-24-10-8-20(21)23(26)27/h2-8,10,12,14,17,25H,9,11,13H2,1H3,(H,26,27). The van der Waals surface area contributed by atoms with Crippen LogP contribution in [0.1, 0.15) is 28.3 Å². The first-order valence-electron chi connectivity index (χ1n) is 9.48. The second kappa shape index (κ2) is 8.22. The van der Waals surface area contributed by atoms with Crippen LogP contribution in [-0.2, 0) is 0 Å². The number of ether oxygens (including phenoxy) is 2. The summed E-state index contributed by atoms with van der Waals surface area (Å²) in [5.41, 5.74) is 4.06. The first kappa shape index (κ1) is 18.8. The Morgan fingerprint density at radius 1 is 1.21 bits per heavy atom. The number of carboxylic acids is 1. The Balaban J connectivity index is 1.53. The lowest BCUT2D eigenvalue weighted by molar-refractivity contribution is 0.0697. The number of rotatable bonds is 6. The Bertz CT molecular complexity index is 1020. The highest BCUT2D eigenvalue weighted by molar-refractivity contribution is 5.93. The van der Waals surface area contributed by atoms with Gasteiger partial charge in [-0.05, 0) is 47.4 Å². The lowest BCUT2D eigenvalue weighted by Gasteiger charge is -2.27. The van der Waals surface area contributed by atoms with Crippen molar-refractivity contribution in [2.75, 3.05) is 25.6 Å². The molecule has 1 aromatic heterocycles. The monoisotopic (exact) mass is 390 g/mol. The van der Waals surface area contributed by atoms with Crippen LogP contribution in [0.2, 0.25) is 0 Å². The second-order valence-corrected chi connectivity index (χ2v) is 6.92. The fraction of sp³-hybridized carbons (Fsp3) is 0.217. The molecule has 29 heavy (non-hydrogen) atoms. The van der Waals surface area contributed by atoms with E-state index in [1.807, 2.05) is 24.3 Å². The summed E-state index contributed by atoms with van der Waals surface area (Å²) in [6, 6.07) is 15.7. The summed E-state index contributed by atoms with van der Waals surface area (Å²) in [4.78, 5) is 15.4. The molecule has 1 aliphatic rings. The Morgan fingerprint density at radius 2 is 2.00 bits per heavy atom. The number of fused-ring (bicyclic) bond motifs is 1. The summed E-state index contributed by atoms with van der Waals surface area (Å²) < 4.78 is 11.1. The molecule has 0 amide bonds. The fourth-order valence-electron chi connectivity index (χ4n) is 3.59. The van der Waals surface area contributed by atoms with E-state index in [-0.39, 0.29) is 11.5 Å². The highest BCUT2D eigenvalue weighted by atomic mass is 16.5. The van der Waals surface area contributed by atoms with Crippen molar-refractivity contribution in [3.63, 3.8) is 0 Å². The van der Waals surface area contributed by atoms with Gasteiger partial charge in [0.1, 0.15) is 11.5 Å². The summed E-state index contributed by atoms with van der Waals surface area (Å²) in [6.45, 7) is 1.24. The summed E-state index contributed by atoms with van der Waals surface area (Å²) in [5, 5.41) is 12.6. The predicted molar refractivity (Wildman–Crippen MR) is 111 cm³/mol. The van der Waals surface area contributed by atoms with Gasteiger partial charge in [-0.15, -0.1) is 0 Å². The minimum Gasteiger partial charge on any atom is -0.497 e. The maximum atomic E-state index is 11.4. The predicted octanol–water partition coefficient (Wildman–Crippen LogP) is 4.43. The molecule has 2 N–H and O–H groups in total. The molecule has 0 radical (unpaired) electrons. The maximum absolute atomic E-state index is 11.4. The molecule has 2 aromatic carbocycles. The van der Waals surface area contributed by atoms with Crippen molar-refractivity contribution >= 4 is 11.7 Å². The molecule has 1 aliphatic heterocycles. The molecule has 1 atom stereocenters. The molecule has 3 aromatic rings. The zero-order valence-electron chi connectivity index (χ0n) is 16.1. The van der Waals surface area contributed by atoms with E-state index in [0.29, 0.717) is 18.8 Å². The highest BCUT2D eigenvalue weighted by Crippen LogP contribution is 2.37. The molecule has 0 fully saturated rings. The lowest BCUT2D eigenvalue weighted by atomic mass is 9.91. The number of pyridine rings is 1. The first-order valence-corrected chi connectivity index (χ1v) is 9.48. The van der Waals surface area contributed by atoms with E-state index in [1.165, 1.54) is 12.3 Å². The van der Waals surface area contributed by atoms with Crippen LogP contribution in [0.4, 0.5) is 5.69 Å². The number of hydrogen-bond donors (Lipinski definition) is 2. The number of aromatic carboxylic acids is 1. The Labute approximate surface area is 169 Å². The quantitative estimate of drug-likeness (QED) is 0.648. The van der Waals surface area contributed by atoms with Crippen molar-refractivity contribution in [1.29, 1.82) is 0 Å². The molecule has 0 spiro atoms. The van der Waals surface area contributed by atoms with Gasteiger partial charge in [-0.25, -0.2) is 4.79 Å². The number of anilines is 1. The van der Waals surface area contributed by atoms with Crippen LogP contribution in [0, 0.1) is 0 Å². The third-order valence-corrected chi connectivity index (χ3v) is 5.19. The van der Waals surface area contributed by atoms with Gasteiger partial charge in [-0.3, -0.25) is 4.98 Å². The van der Waals surface area contributed by atoms with Crippen LogP contribution in [0.15, 0.2) is 60.9 Å². The summed E-state index contributed by atoms with van der Waals surface area (Å²) >= 11 is 0. The van der Waals surface area contributed by atoms with Crippen LogP contribution in [0.5, 0.6) is 11.5 Å². The average molecular weight is 390 g/mol. The number of carboxylic acid groups (broad SMARTS) is 1. The zero-order valence-corrected chi connectivity index (χ0v) is 16.1. The van der Waals surface area contributed by atoms with Crippen molar-refractivity contribution < 1.29 is 19.4 Å². The number of hydrogen-bond acceptors (Lipinski definition) is 5. The van der Waals surface area contributed by atoms with E-state index in [1.54, 1.807) is 13.3 Å². The van der Waals surface area contributed by atoms with Crippen molar-refractivity contribution in [3.05, 3.63) is 72.1 Å². The van der Waals surface area contributed by atoms with Crippen LogP contribution in [0.3, 0.4) is 0 Å². The normalized spacial score (nSPS) is 15.1. The van der Waals surface area contributed by atoms with Gasteiger partial charge in [0, 0.05) is 18.7 Å². The number of carbonyl (C=O) groups is 1. The van der Waals surface area contributed by atoms with Crippen LogP contribution in [-0.4, -0.2) is 36.3 Å². The van der Waals surface area contributed by atoms with Crippen LogP contribution in [0.25, 0.3) is 11.1 Å². The van der Waals surface area contributed by atoms with Gasteiger partial charge in [0.25, 0.3) is 0 Å². The molecular weight excluding hydrogens is 368 g/mol. The van der Waals surface area contributed by atoms with Gasteiger partial charge in [0.05, 0.1) is 31.2 Å². The lowest BCUT2D eigenvalue weighted by Crippen LogP contribution is -2.21. The smallest absolute Gasteiger partial charge is 0.337 e. The Kier molecular flexibility index (Phi) is 5.33. The number of aromatic nitrogens is 1. The summed E-state index contributed by atoms with van der Waals surface area (Å²) in [6.07, 6.45) is 3.90. The maximum Gasteiger partial charge on any atom is 0.337 e. The number of benzene rings is 2. The summed E-state index contributed by atoms with van der Waals surface area (Å²) in [7, 11) is 1.65. The molecule has 1 unspecified atom stereocenters. The van der Waals surface area contributed by atoms with Gasteiger partial charge in [0.2, 0.25) is 0 Å². The third-order valence-electron chi connectivity index (χ3n) is 5.19. The Hall–Kier alpha value is -3.54. The molecular formula is C23H22N2O4. The number of nitrogens with one attached hydrogen (secondary N) is 1. The molecule has 4 rings (SSSR count). The largest absolute Gasteiger partial charge is 0.497 e. The first-order chi connectivity index (χ1) is 14.2. The van der Waals surface area contributed by atoms with Gasteiger partial charge >= 0.3 is 5.97 Å². The van der Waals surface area contributed by atoms with E-state index in [4.69, 9.17) is 9.47 Å². The minimum atomic E-state index is -0.966.